The van der Waals surface area contributed by atoms with Crippen LogP contribution in [0.15, 0.2) is 35.3 Å². The number of rotatable bonds is 3. The highest BCUT2D eigenvalue weighted by atomic mass is 32.4. The van der Waals surface area contributed by atoms with Gasteiger partial charge in [-0.15, -0.1) is 11.2 Å². The van der Waals surface area contributed by atoms with E-state index >= 15 is 0 Å². The molecule has 2 aliphatic carbocycles. The van der Waals surface area contributed by atoms with E-state index in [1.165, 1.54) is 38.5 Å². The smallest absolute Gasteiger partial charge is 0.269 e. The normalized spacial score (nSPS) is 26.4. The molecule has 0 N–H and O–H groups in total. The van der Waals surface area contributed by atoms with Gasteiger partial charge in [0.15, 0.2) is 0 Å². The number of benzene rings is 1. The minimum absolute atomic E-state index is 0.281. The summed E-state index contributed by atoms with van der Waals surface area (Å²) in [5.41, 5.74) is 0.918. The number of hydrogen-bond acceptors (Lipinski definition) is 3. The minimum atomic E-state index is -1.26. The zero-order chi connectivity index (χ0) is 18.4. The molecule has 3 unspecified atom stereocenters. The fourth-order valence-electron chi connectivity index (χ4n) is 4.02. The molecular formula is C22H31NOSSi. The highest BCUT2D eigenvalue weighted by Crippen LogP contribution is 2.41. The Morgan fingerprint density at radius 1 is 1.04 bits per heavy atom. The molecule has 1 aromatic rings. The van der Waals surface area contributed by atoms with E-state index in [9.17, 15) is 0 Å². The second-order valence-corrected chi connectivity index (χ2v) is 17.5. The standard InChI is InChI=1S/C22H31NOSSi/c1-26(2,3)25-16-15-22(23-20-11-5-4-6-12-20)24-21-14-13-18-9-7-8-10-19(18)17-21/h4-6,11-12,18-19,21H,7-10,13-14,17H2,1-3H3. The van der Waals surface area contributed by atoms with Gasteiger partial charge in [0.2, 0.25) is 0 Å². The van der Waals surface area contributed by atoms with Crippen molar-refractivity contribution >= 4 is 30.0 Å². The van der Waals surface area contributed by atoms with E-state index in [1.54, 1.807) is 11.2 Å². The van der Waals surface area contributed by atoms with Gasteiger partial charge in [0.25, 0.3) is 5.90 Å². The lowest BCUT2D eigenvalue weighted by Gasteiger charge is -2.38. The first kappa shape index (κ1) is 19.6. The van der Waals surface area contributed by atoms with E-state index in [0.29, 0.717) is 5.90 Å². The van der Waals surface area contributed by atoms with Gasteiger partial charge >= 0.3 is 0 Å². The van der Waals surface area contributed by atoms with E-state index in [1.807, 2.05) is 30.3 Å². The average Bonchev–Trinajstić information content (AvgIpc) is 2.61. The summed E-state index contributed by atoms with van der Waals surface area (Å²) in [7, 11) is -1.26. The monoisotopic (exact) mass is 385 g/mol. The van der Waals surface area contributed by atoms with Gasteiger partial charge in [-0.1, -0.05) is 63.5 Å². The third-order valence-corrected chi connectivity index (χ3v) is 8.23. The lowest BCUT2D eigenvalue weighted by Crippen LogP contribution is -2.32. The Balaban J connectivity index is 1.70. The van der Waals surface area contributed by atoms with Crippen LogP contribution < -0.4 is 0 Å². The second kappa shape index (κ2) is 9.15. The Bertz CT molecular complexity index is 671. The Kier molecular flexibility index (Phi) is 6.89. The molecule has 3 atom stereocenters. The summed E-state index contributed by atoms with van der Waals surface area (Å²) in [5, 5.41) is 3.26. The molecule has 0 bridgehead atoms. The second-order valence-electron chi connectivity index (χ2n) is 8.55. The predicted octanol–water partition coefficient (Wildman–Crippen LogP) is 6.62. The van der Waals surface area contributed by atoms with Crippen LogP contribution in [-0.4, -0.2) is 19.2 Å². The summed E-state index contributed by atoms with van der Waals surface area (Å²) in [4.78, 5) is 4.70. The van der Waals surface area contributed by atoms with Crippen molar-refractivity contribution in [2.75, 3.05) is 0 Å². The van der Waals surface area contributed by atoms with Gasteiger partial charge in [0.05, 0.1) is 5.69 Å². The molecule has 0 aromatic heterocycles. The zero-order valence-corrected chi connectivity index (χ0v) is 18.1. The van der Waals surface area contributed by atoms with Gasteiger partial charge in [-0.3, -0.25) is 0 Å². The van der Waals surface area contributed by atoms with E-state index < -0.39 is 7.22 Å². The topological polar surface area (TPSA) is 21.6 Å². The summed E-state index contributed by atoms with van der Waals surface area (Å²) in [6, 6.07) is 10.0. The zero-order valence-electron chi connectivity index (χ0n) is 16.3. The summed E-state index contributed by atoms with van der Waals surface area (Å²) in [5.74, 6) is 5.61. The van der Waals surface area contributed by atoms with Crippen molar-refractivity contribution < 1.29 is 4.74 Å². The summed E-state index contributed by atoms with van der Waals surface area (Å²) >= 11 is 1.77. The Morgan fingerprint density at radius 2 is 1.77 bits per heavy atom. The lowest BCUT2D eigenvalue weighted by atomic mass is 9.70. The van der Waals surface area contributed by atoms with Crippen LogP contribution in [0.3, 0.4) is 0 Å². The van der Waals surface area contributed by atoms with E-state index in [2.05, 4.69) is 30.8 Å². The molecule has 0 saturated heterocycles. The van der Waals surface area contributed by atoms with Gasteiger partial charge in [-0.25, -0.2) is 4.99 Å². The highest BCUT2D eigenvalue weighted by Gasteiger charge is 2.33. The molecular weight excluding hydrogens is 354 g/mol. The van der Waals surface area contributed by atoms with Crippen LogP contribution >= 0.6 is 11.2 Å². The summed E-state index contributed by atoms with van der Waals surface area (Å²) in [6.07, 6.45) is 9.55. The van der Waals surface area contributed by atoms with Crippen LogP contribution in [0.1, 0.15) is 44.9 Å². The first-order valence-corrected chi connectivity index (χ1v) is 15.0. The van der Waals surface area contributed by atoms with Crippen LogP contribution in [0.4, 0.5) is 5.69 Å². The molecule has 2 fully saturated rings. The van der Waals surface area contributed by atoms with Crippen molar-refractivity contribution in [2.24, 2.45) is 16.8 Å². The number of aliphatic imine (C=N–C) groups is 1. The van der Waals surface area contributed by atoms with Crippen LogP contribution in [0.2, 0.25) is 19.6 Å². The predicted molar refractivity (Wildman–Crippen MR) is 116 cm³/mol. The first-order chi connectivity index (χ1) is 12.5. The molecule has 0 heterocycles. The van der Waals surface area contributed by atoms with E-state index in [4.69, 9.17) is 9.73 Å². The highest BCUT2D eigenvalue weighted by molar-refractivity contribution is 8.32. The first-order valence-electron chi connectivity index (χ1n) is 9.99. The number of para-hydroxylation sites is 1. The molecule has 1 aromatic carbocycles. The maximum absolute atomic E-state index is 6.34. The molecule has 26 heavy (non-hydrogen) atoms. The van der Waals surface area contributed by atoms with Crippen LogP contribution in [0.25, 0.3) is 0 Å². The SMILES string of the molecule is C[Si](C)(C)SC#CC(=Nc1ccccc1)OC1CCC2CCCCC2C1. The molecule has 0 radical (unpaired) electrons. The largest absolute Gasteiger partial charge is 0.468 e. The molecule has 2 aliphatic rings. The maximum atomic E-state index is 6.34. The number of nitrogens with zero attached hydrogens (tertiary/aromatic N) is 1. The summed E-state index contributed by atoms with van der Waals surface area (Å²) in [6.45, 7) is 6.93. The van der Waals surface area contributed by atoms with Crippen molar-refractivity contribution in [3.05, 3.63) is 30.3 Å². The fourth-order valence-corrected chi connectivity index (χ4v) is 5.54. The van der Waals surface area contributed by atoms with Crippen molar-refractivity contribution in [1.29, 1.82) is 0 Å². The number of ether oxygens (including phenoxy) is 1. The van der Waals surface area contributed by atoms with E-state index in [-0.39, 0.29) is 6.10 Å². The molecule has 3 rings (SSSR count). The third kappa shape index (κ3) is 6.21. The molecule has 0 spiro atoms. The van der Waals surface area contributed by atoms with Crippen molar-refractivity contribution in [3.63, 3.8) is 0 Å². The lowest BCUT2D eigenvalue weighted by molar-refractivity contribution is 0.0588. The van der Waals surface area contributed by atoms with Crippen molar-refractivity contribution in [1.82, 2.24) is 0 Å². The van der Waals surface area contributed by atoms with Crippen molar-refractivity contribution in [3.8, 4) is 11.2 Å². The Labute approximate surface area is 163 Å². The van der Waals surface area contributed by atoms with Gasteiger partial charge in [0, 0.05) is 5.92 Å². The Morgan fingerprint density at radius 3 is 2.50 bits per heavy atom. The van der Waals surface area contributed by atoms with Crippen LogP contribution in [0.5, 0.6) is 0 Å². The van der Waals surface area contributed by atoms with Gasteiger partial charge < -0.3 is 4.74 Å². The van der Waals surface area contributed by atoms with Gasteiger partial charge in [-0.05, 0) is 48.5 Å². The maximum Gasteiger partial charge on any atom is 0.269 e. The molecule has 0 aliphatic heterocycles. The molecule has 4 heteroatoms. The molecule has 2 saturated carbocycles. The Hall–Kier alpha value is -1.18. The fraction of sp³-hybridized carbons (Fsp3) is 0.591. The minimum Gasteiger partial charge on any atom is -0.468 e. The number of fused-ring (bicyclic) bond motifs is 1. The van der Waals surface area contributed by atoms with Crippen molar-refractivity contribution in [2.45, 2.75) is 70.7 Å². The average molecular weight is 386 g/mol. The molecule has 2 nitrogen and oxygen atoms in total. The molecule has 140 valence electrons. The quantitative estimate of drug-likeness (QED) is 0.252. The summed E-state index contributed by atoms with van der Waals surface area (Å²) < 4.78 is 6.34. The van der Waals surface area contributed by atoms with Gasteiger partial charge in [0.1, 0.15) is 13.3 Å². The third-order valence-electron chi connectivity index (χ3n) is 5.27. The van der Waals surface area contributed by atoms with Crippen LogP contribution in [0, 0.1) is 23.0 Å². The van der Waals surface area contributed by atoms with Crippen LogP contribution in [-0.2, 0) is 4.74 Å². The molecule has 0 amide bonds. The van der Waals surface area contributed by atoms with E-state index in [0.717, 1.165) is 23.9 Å². The number of hydrogen-bond donors (Lipinski definition) is 0. The van der Waals surface area contributed by atoms with Gasteiger partial charge in [-0.2, -0.15) is 0 Å².